The van der Waals surface area contributed by atoms with E-state index in [-0.39, 0.29) is 11.9 Å². The Bertz CT molecular complexity index is 789. The molecule has 2 aromatic carbocycles. The van der Waals surface area contributed by atoms with Gasteiger partial charge in [0.05, 0.1) is 11.3 Å². The molecule has 0 aromatic heterocycles. The van der Waals surface area contributed by atoms with Crippen molar-refractivity contribution in [3.63, 3.8) is 0 Å². The summed E-state index contributed by atoms with van der Waals surface area (Å²) in [7, 11) is 0. The highest BCUT2D eigenvalue weighted by atomic mass is 32.2. The number of carbonyl (C=O) groups is 2. The third-order valence-electron chi connectivity index (χ3n) is 4.53. The lowest BCUT2D eigenvalue weighted by atomic mass is 10.1. The molecule has 27 heavy (non-hydrogen) atoms. The molecule has 0 spiro atoms. The molecule has 2 N–H and O–H groups in total. The van der Waals surface area contributed by atoms with Crippen LogP contribution in [0, 0.1) is 6.92 Å². The lowest BCUT2D eigenvalue weighted by molar-refractivity contribution is 0.0794. The molecule has 3 rings (SSSR count). The second-order valence-electron chi connectivity index (χ2n) is 6.54. The minimum atomic E-state index is -0.284. The second kappa shape index (κ2) is 9.46. The van der Waals surface area contributed by atoms with Gasteiger partial charge in [0.25, 0.3) is 5.91 Å². The Kier molecular flexibility index (Phi) is 6.76. The topological polar surface area (TPSA) is 61.4 Å². The summed E-state index contributed by atoms with van der Waals surface area (Å²) in [5.41, 5.74) is 2.04. The summed E-state index contributed by atoms with van der Waals surface area (Å²) in [6.07, 6.45) is 2.08. The van der Waals surface area contributed by atoms with Crippen LogP contribution in [-0.4, -0.2) is 42.2 Å². The lowest BCUT2D eigenvalue weighted by Crippen LogP contribution is -2.33. The van der Waals surface area contributed by atoms with Crippen molar-refractivity contribution in [1.29, 1.82) is 0 Å². The first-order chi connectivity index (χ1) is 13.1. The van der Waals surface area contributed by atoms with E-state index in [0.717, 1.165) is 37.2 Å². The normalized spacial score (nSPS) is 13.4. The predicted molar refractivity (Wildman–Crippen MR) is 111 cm³/mol. The number of carbonyl (C=O) groups excluding carboxylic acids is 2. The van der Waals surface area contributed by atoms with Gasteiger partial charge < -0.3 is 15.5 Å². The van der Waals surface area contributed by atoms with Crippen molar-refractivity contribution < 1.29 is 9.59 Å². The molecule has 0 bridgehead atoms. The van der Waals surface area contributed by atoms with Gasteiger partial charge in [-0.05, 0) is 43.5 Å². The average molecular weight is 384 g/mol. The van der Waals surface area contributed by atoms with Crippen LogP contribution in [0.2, 0.25) is 0 Å². The summed E-state index contributed by atoms with van der Waals surface area (Å²) >= 11 is 1.69. The number of nitrogens with zero attached hydrogens (tertiary/aromatic N) is 1. The van der Waals surface area contributed by atoms with Gasteiger partial charge in [0.1, 0.15) is 0 Å². The molecule has 142 valence electrons. The first kappa shape index (κ1) is 19.3. The Morgan fingerprint density at radius 2 is 1.78 bits per heavy atom. The molecule has 2 aromatic rings. The van der Waals surface area contributed by atoms with Crippen molar-refractivity contribution in [2.45, 2.75) is 24.7 Å². The molecular formula is C21H25N3O2S. The van der Waals surface area contributed by atoms with E-state index in [9.17, 15) is 9.59 Å². The summed E-state index contributed by atoms with van der Waals surface area (Å²) in [6.45, 7) is 4.03. The van der Waals surface area contributed by atoms with Crippen molar-refractivity contribution in [2.75, 3.05) is 30.7 Å². The maximum atomic E-state index is 12.8. The molecule has 0 atom stereocenters. The van der Waals surface area contributed by atoms with Crippen LogP contribution in [0.3, 0.4) is 0 Å². The van der Waals surface area contributed by atoms with E-state index in [1.165, 1.54) is 4.90 Å². The molecule has 0 aliphatic carbocycles. The van der Waals surface area contributed by atoms with Crippen LogP contribution >= 0.6 is 11.8 Å². The number of rotatable bonds is 6. The van der Waals surface area contributed by atoms with Crippen LogP contribution in [0.25, 0.3) is 0 Å². The maximum absolute atomic E-state index is 12.8. The number of thioether (sulfide) groups is 1. The van der Waals surface area contributed by atoms with E-state index in [2.05, 4.69) is 10.6 Å². The van der Waals surface area contributed by atoms with E-state index < -0.39 is 0 Å². The molecule has 5 nitrogen and oxygen atoms in total. The molecule has 3 amide bonds. The van der Waals surface area contributed by atoms with Crippen molar-refractivity contribution in [1.82, 2.24) is 10.2 Å². The highest BCUT2D eigenvalue weighted by Gasteiger charge is 2.23. The molecule has 0 unspecified atom stereocenters. The molecule has 0 radical (unpaired) electrons. The number of para-hydroxylation sites is 1. The first-order valence-corrected chi connectivity index (χ1v) is 10.3. The van der Waals surface area contributed by atoms with Crippen molar-refractivity contribution >= 4 is 29.4 Å². The average Bonchev–Trinajstić information content (AvgIpc) is 3.22. The summed E-state index contributed by atoms with van der Waals surface area (Å²) in [4.78, 5) is 28.1. The van der Waals surface area contributed by atoms with Gasteiger partial charge in [0, 0.05) is 30.3 Å². The molecule has 1 saturated heterocycles. The monoisotopic (exact) mass is 383 g/mol. The summed E-state index contributed by atoms with van der Waals surface area (Å²) in [5, 5.41) is 5.74. The SMILES string of the molecule is Cc1cccc(C(=O)N2CCCC2)c1NC(=O)NCCSc1ccccc1. The van der Waals surface area contributed by atoms with Crippen molar-refractivity contribution in [2.24, 2.45) is 0 Å². The largest absolute Gasteiger partial charge is 0.339 e. The third-order valence-corrected chi connectivity index (χ3v) is 5.55. The van der Waals surface area contributed by atoms with Crippen molar-refractivity contribution in [3.8, 4) is 0 Å². The Hall–Kier alpha value is -2.47. The predicted octanol–water partition coefficient (Wildman–Crippen LogP) is 4.14. The quantitative estimate of drug-likeness (QED) is 0.582. The van der Waals surface area contributed by atoms with Gasteiger partial charge in [-0.25, -0.2) is 4.79 Å². The smallest absolute Gasteiger partial charge is 0.319 e. The zero-order chi connectivity index (χ0) is 19.1. The highest BCUT2D eigenvalue weighted by Crippen LogP contribution is 2.24. The van der Waals surface area contributed by atoms with Gasteiger partial charge in [-0.2, -0.15) is 0 Å². The maximum Gasteiger partial charge on any atom is 0.319 e. The van der Waals surface area contributed by atoms with Crippen molar-refractivity contribution in [3.05, 3.63) is 59.7 Å². The van der Waals surface area contributed by atoms with E-state index in [0.29, 0.717) is 17.8 Å². The number of amides is 3. The molecule has 6 heteroatoms. The number of nitrogens with one attached hydrogen (secondary N) is 2. The molecule has 1 fully saturated rings. The Morgan fingerprint density at radius 3 is 2.52 bits per heavy atom. The van der Waals surface area contributed by atoms with E-state index >= 15 is 0 Å². The molecule has 1 heterocycles. The fourth-order valence-electron chi connectivity index (χ4n) is 3.11. The Morgan fingerprint density at radius 1 is 1.04 bits per heavy atom. The van der Waals surface area contributed by atoms with Crippen LogP contribution in [0.15, 0.2) is 53.4 Å². The van der Waals surface area contributed by atoms with Gasteiger partial charge in [0.15, 0.2) is 0 Å². The number of anilines is 1. The summed E-state index contributed by atoms with van der Waals surface area (Å²) in [6, 6.07) is 15.4. The van der Waals surface area contributed by atoms with Crippen LogP contribution < -0.4 is 10.6 Å². The lowest BCUT2D eigenvalue weighted by Gasteiger charge is -2.19. The van der Waals surface area contributed by atoms with Crippen LogP contribution in [0.1, 0.15) is 28.8 Å². The van der Waals surface area contributed by atoms with Crippen LogP contribution in [0.4, 0.5) is 10.5 Å². The van der Waals surface area contributed by atoms with E-state index in [4.69, 9.17) is 0 Å². The molecular weight excluding hydrogens is 358 g/mol. The van der Waals surface area contributed by atoms with Gasteiger partial charge in [-0.15, -0.1) is 11.8 Å². The van der Waals surface area contributed by atoms with Gasteiger partial charge >= 0.3 is 6.03 Å². The Labute approximate surface area is 164 Å². The third kappa shape index (κ3) is 5.26. The van der Waals surface area contributed by atoms with Gasteiger partial charge in [-0.1, -0.05) is 30.3 Å². The minimum Gasteiger partial charge on any atom is -0.339 e. The number of urea groups is 1. The number of hydrogen-bond acceptors (Lipinski definition) is 3. The molecule has 0 saturated carbocycles. The standard InChI is InChI=1S/C21H25N3O2S/c1-16-8-7-11-18(20(25)24-13-5-6-14-24)19(16)23-21(26)22-12-15-27-17-9-3-2-4-10-17/h2-4,7-11H,5-6,12-15H2,1H3,(H2,22,23,26). The zero-order valence-electron chi connectivity index (χ0n) is 15.5. The van der Waals surface area contributed by atoms with E-state index in [1.54, 1.807) is 17.8 Å². The Balaban J connectivity index is 1.56. The van der Waals surface area contributed by atoms with E-state index in [1.807, 2.05) is 54.3 Å². The zero-order valence-corrected chi connectivity index (χ0v) is 16.3. The number of likely N-dealkylation sites (tertiary alicyclic amines) is 1. The van der Waals surface area contributed by atoms with Gasteiger partial charge in [-0.3, -0.25) is 4.79 Å². The van der Waals surface area contributed by atoms with Gasteiger partial charge in [0.2, 0.25) is 0 Å². The van der Waals surface area contributed by atoms with Crippen LogP contribution in [0.5, 0.6) is 0 Å². The second-order valence-corrected chi connectivity index (χ2v) is 7.71. The fraction of sp³-hybridized carbons (Fsp3) is 0.333. The molecule has 1 aliphatic heterocycles. The summed E-state index contributed by atoms with van der Waals surface area (Å²) in [5.74, 6) is 0.774. The fourth-order valence-corrected chi connectivity index (χ4v) is 3.90. The van der Waals surface area contributed by atoms with Crippen LogP contribution in [-0.2, 0) is 0 Å². The minimum absolute atomic E-state index is 0.00821. The first-order valence-electron chi connectivity index (χ1n) is 9.27. The number of hydrogen-bond donors (Lipinski definition) is 2. The molecule has 1 aliphatic rings. The highest BCUT2D eigenvalue weighted by molar-refractivity contribution is 7.99. The number of benzene rings is 2. The summed E-state index contributed by atoms with van der Waals surface area (Å²) < 4.78 is 0. The number of aryl methyl sites for hydroxylation is 1.